The number of carboxylic acids is 1. The zero-order valence-corrected chi connectivity index (χ0v) is 23.6. The molecule has 2 heterocycles. The highest BCUT2D eigenvalue weighted by Crippen LogP contribution is 2.48. The standard InChI is InChI=1S/C30H24N2O5S3/c33-29(34)19-32-24-17-22(20-7-2-1-3-8-20)12-13-25(24)38-28(32)18-27-31(15-6-16-40(35,36)37)30-23-10-5-4-9-21(23)11-14-26(30)39-27/h1-5,7-14,17-18H,6,15-16,19H2,(H-,33,34,35,36,37). The summed E-state index contributed by atoms with van der Waals surface area (Å²) in [5, 5.41) is 13.5. The highest BCUT2D eigenvalue weighted by molar-refractivity contribution is 8.04. The third-order valence-corrected chi connectivity index (χ3v) is 9.77. The predicted molar refractivity (Wildman–Crippen MR) is 159 cm³/mol. The average molecular weight is 589 g/mol. The monoisotopic (exact) mass is 588 g/mol. The maximum Gasteiger partial charge on any atom is 0.323 e. The van der Waals surface area contributed by atoms with E-state index in [1.807, 2.05) is 89.8 Å². The third-order valence-electron chi connectivity index (χ3n) is 6.77. The lowest BCUT2D eigenvalue weighted by molar-refractivity contribution is -0.667. The summed E-state index contributed by atoms with van der Waals surface area (Å²) in [5.74, 6) is -1.40. The smallest absolute Gasteiger partial charge is 0.323 e. The van der Waals surface area contributed by atoms with Gasteiger partial charge in [-0.2, -0.15) is 4.57 Å². The topological polar surface area (TPSA) is 102 Å². The maximum atomic E-state index is 11.9. The number of hydrogen-bond acceptors (Lipinski definition) is 7. The molecule has 202 valence electrons. The molecule has 1 aromatic heterocycles. The highest BCUT2D eigenvalue weighted by atomic mass is 32.2. The van der Waals surface area contributed by atoms with Crippen LogP contribution in [0.3, 0.4) is 0 Å². The van der Waals surface area contributed by atoms with Gasteiger partial charge in [0.2, 0.25) is 5.52 Å². The number of aromatic nitrogens is 1. The fourth-order valence-electron chi connectivity index (χ4n) is 5.03. The molecule has 0 amide bonds. The second-order valence-corrected chi connectivity index (χ2v) is 13.1. The van der Waals surface area contributed by atoms with Gasteiger partial charge in [0.05, 0.1) is 32.3 Å². The van der Waals surface area contributed by atoms with Crippen LogP contribution in [0.4, 0.5) is 5.69 Å². The fourth-order valence-corrected chi connectivity index (χ4v) is 7.80. The number of benzene rings is 4. The summed E-state index contributed by atoms with van der Waals surface area (Å²) in [5.41, 5.74) is 3.84. The molecular weight excluding hydrogens is 565 g/mol. The van der Waals surface area contributed by atoms with Crippen molar-refractivity contribution in [3.05, 3.63) is 95.0 Å². The number of rotatable bonds is 8. The Kier molecular flexibility index (Phi) is 7.09. The Morgan fingerprint density at radius 3 is 2.52 bits per heavy atom. The lowest BCUT2D eigenvalue weighted by Crippen LogP contribution is -2.36. The Balaban J connectivity index is 1.47. The summed E-state index contributed by atoms with van der Waals surface area (Å²) < 4.78 is 37.2. The van der Waals surface area contributed by atoms with Gasteiger partial charge in [-0.15, -0.1) is 0 Å². The number of thiazole rings is 1. The molecule has 5 aromatic rings. The molecule has 0 bridgehead atoms. The molecule has 1 N–H and O–H groups in total. The summed E-state index contributed by atoms with van der Waals surface area (Å²) in [6.45, 7) is 0.135. The van der Waals surface area contributed by atoms with E-state index in [1.165, 1.54) is 11.8 Å². The Hall–Kier alpha value is -3.70. The van der Waals surface area contributed by atoms with Crippen LogP contribution in [0.1, 0.15) is 11.4 Å². The van der Waals surface area contributed by atoms with Gasteiger partial charge in [-0.05, 0) is 40.8 Å². The number of aryl methyl sites for hydroxylation is 1. The Morgan fingerprint density at radius 2 is 1.75 bits per heavy atom. The number of anilines is 1. The molecular formula is C30H24N2O5S3. The Bertz CT molecular complexity index is 1900. The molecule has 40 heavy (non-hydrogen) atoms. The first-order valence-corrected chi connectivity index (χ1v) is 15.8. The quantitative estimate of drug-likeness (QED) is 0.177. The number of hydrogen-bond donors (Lipinski definition) is 1. The van der Waals surface area contributed by atoms with Crippen molar-refractivity contribution < 1.29 is 27.4 Å². The Labute approximate surface area is 239 Å². The van der Waals surface area contributed by atoms with Crippen LogP contribution in [0.25, 0.3) is 38.2 Å². The van der Waals surface area contributed by atoms with Crippen molar-refractivity contribution in [2.24, 2.45) is 0 Å². The minimum Gasteiger partial charge on any atom is -0.748 e. The van der Waals surface area contributed by atoms with Gasteiger partial charge in [0.25, 0.3) is 5.01 Å². The molecule has 0 aliphatic carbocycles. The van der Waals surface area contributed by atoms with Gasteiger partial charge < -0.3 is 14.6 Å². The van der Waals surface area contributed by atoms with E-state index in [-0.39, 0.29) is 13.0 Å². The summed E-state index contributed by atoms with van der Waals surface area (Å²) >= 11 is 3.06. The number of nitrogens with zero attached hydrogens (tertiary/aromatic N) is 2. The van der Waals surface area contributed by atoms with Gasteiger partial charge in [-0.25, -0.2) is 8.42 Å². The molecule has 0 atom stereocenters. The lowest BCUT2D eigenvalue weighted by Gasteiger charge is -2.18. The lowest BCUT2D eigenvalue weighted by atomic mass is 10.0. The predicted octanol–water partition coefficient (Wildman–Crippen LogP) is 5.94. The van der Waals surface area contributed by atoms with Crippen molar-refractivity contribution in [1.29, 1.82) is 0 Å². The fraction of sp³-hybridized carbons (Fsp3) is 0.133. The second-order valence-electron chi connectivity index (χ2n) is 9.45. The van der Waals surface area contributed by atoms with Gasteiger partial charge in [-0.3, -0.25) is 4.79 Å². The Morgan fingerprint density at radius 1 is 0.975 bits per heavy atom. The van der Waals surface area contributed by atoms with Gasteiger partial charge in [-0.1, -0.05) is 83.8 Å². The van der Waals surface area contributed by atoms with Gasteiger partial charge in [0.1, 0.15) is 11.2 Å². The molecule has 0 radical (unpaired) electrons. The minimum absolute atomic E-state index is 0.175. The van der Waals surface area contributed by atoms with E-state index in [0.717, 1.165) is 52.7 Å². The third kappa shape index (κ3) is 5.35. The molecule has 0 spiro atoms. The van der Waals surface area contributed by atoms with E-state index in [0.29, 0.717) is 6.54 Å². The van der Waals surface area contributed by atoms with Crippen molar-refractivity contribution >= 4 is 71.9 Å². The van der Waals surface area contributed by atoms with Crippen LogP contribution >= 0.6 is 23.1 Å². The van der Waals surface area contributed by atoms with Gasteiger partial charge in [0, 0.05) is 17.1 Å². The molecule has 10 heteroatoms. The van der Waals surface area contributed by atoms with Crippen LogP contribution in [-0.4, -0.2) is 36.3 Å². The molecule has 0 fully saturated rings. The van der Waals surface area contributed by atoms with Crippen LogP contribution in [-0.2, 0) is 21.5 Å². The largest absolute Gasteiger partial charge is 0.748 e. The second kappa shape index (κ2) is 10.7. The normalized spacial score (nSPS) is 14.3. The number of thioether (sulfide) groups is 1. The molecule has 7 nitrogen and oxygen atoms in total. The molecule has 0 saturated heterocycles. The SMILES string of the molecule is O=C(O)CN1C(=Cc2sc3ccc4ccccc4c3[n+]2CCCS(=O)(=O)[O-])Sc2ccc(-c3ccccc3)cc21. The van der Waals surface area contributed by atoms with Crippen LogP contribution in [0.2, 0.25) is 0 Å². The van der Waals surface area contributed by atoms with Crippen molar-refractivity contribution in [1.82, 2.24) is 0 Å². The van der Waals surface area contributed by atoms with Crippen LogP contribution in [0.15, 0.2) is 94.9 Å². The molecule has 0 saturated carbocycles. The van der Waals surface area contributed by atoms with E-state index in [1.54, 1.807) is 11.3 Å². The zero-order chi connectivity index (χ0) is 27.9. The van der Waals surface area contributed by atoms with Crippen molar-refractivity contribution in [2.75, 3.05) is 17.2 Å². The molecule has 4 aromatic carbocycles. The van der Waals surface area contributed by atoms with Crippen molar-refractivity contribution in [2.45, 2.75) is 17.9 Å². The summed E-state index contributed by atoms with van der Waals surface area (Å²) in [7, 11) is -4.35. The average Bonchev–Trinajstić information content (AvgIpc) is 3.45. The van der Waals surface area contributed by atoms with Gasteiger partial charge in [0.15, 0.2) is 6.54 Å². The van der Waals surface area contributed by atoms with Crippen LogP contribution in [0.5, 0.6) is 0 Å². The van der Waals surface area contributed by atoms with E-state index in [9.17, 15) is 22.9 Å². The van der Waals surface area contributed by atoms with Crippen molar-refractivity contribution in [3.8, 4) is 11.1 Å². The summed E-state index contributed by atoms with van der Waals surface area (Å²) in [6, 6.07) is 28.1. The first-order valence-electron chi connectivity index (χ1n) is 12.6. The number of carbonyl (C=O) groups is 1. The number of aliphatic carboxylic acids is 1. The number of fused-ring (bicyclic) bond motifs is 4. The first kappa shape index (κ1) is 26.5. The number of carboxylic acid groups (broad SMARTS) is 1. The molecule has 1 aliphatic rings. The van der Waals surface area contributed by atoms with E-state index in [2.05, 4.69) is 10.6 Å². The van der Waals surface area contributed by atoms with E-state index >= 15 is 0 Å². The van der Waals surface area contributed by atoms with Gasteiger partial charge >= 0.3 is 5.97 Å². The molecule has 1 aliphatic heterocycles. The summed E-state index contributed by atoms with van der Waals surface area (Å²) in [6.07, 6.45) is 2.15. The van der Waals surface area contributed by atoms with Crippen molar-refractivity contribution in [3.63, 3.8) is 0 Å². The summed E-state index contributed by atoms with van der Waals surface area (Å²) in [4.78, 5) is 14.7. The first-order chi connectivity index (χ1) is 19.3. The minimum atomic E-state index is -4.35. The van der Waals surface area contributed by atoms with E-state index < -0.39 is 21.8 Å². The van der Waals surface area contributed by atoms with Crippen LogP contribution in [0, 0.1) is 0 Å². The highest BCUT2D eigenvalue weighted by Gasteiger charge is 2.30. The maximum absolute atomic E-state index is 11.9. The zero-order valence-electron chi connectivity index (χ0n) is 21.2. The molecule has 0 unspecified atom stereocenters. The molecule has 6 rings (SSSR count). The van der Waals surface area contributed by atoms with E-state index in [4.69, 9.17) is 0 Å². The van der Waals surface area contributed by atoms with Crippen LogP contribution < -0.4 is 9.47 Å².